The van der Waals surface area contributed by atoms with E-state index in [9.17, 15) is 20.1 Å². The monoisotopic (exact) mass is 332 g/mol. The third kappa shape index (κ3) is 2.48. The normalized spacial score (nSPS) is 19.4. The molecule has 2 aromatic carbocycles. The standard InChI is InChI=1S/C17H16O7/c1-22-8-3-4-11(18)10(5-8)17-16(21)15(20)14-12(19)6-9(23-2)7-13(14)24-17/h3-7,16-19,21H,1-2H3. The molecular weight excluding hydrogens is 316 g/mol. The van der Waals surface area contributed by atoms with Crippen LogP contribution in [0.1, 0.15) is 22.0 Å². The summed E-state index contributed by atoms with van der Waals surface area (Å²) in [5.41, 5.74) is 0.0742. The van der Waals surface area contributed by atoms with E-state index in [2.05, 4.69) is 0 Å². The molecule has 3 N–H and O–H groups in total. The maximum atomic E-state index is 12.4. The number of Topliss-reactive ketones (excluding diaryl/α,β-unsaturated/α-hetero) is 1. The second kappa shape index (κ2) is 5.93. The highest BCUT2D eigenvalue weighted by atomic mass is 16.5. The number of aliphatic hydroxyl groups is 1. The summed E-state index contributed by atoms with van der Waals surface area (Å²) in [6.07, 6.45) is -2.73. The van der Waals surface area contributed by atoms with Crippen LogP contribution < -0.4 is 14.2 Å². The fourth-order valence-corrected chi connectivity index (χ4v) is 2.64. The van der Waals surface area contributed by atoms with Crippen molar-refractivity contribution in [3.63, 3.8) is 0 Å². The zero-order chi connectivity index (χ0) is 17.4. The number of fused-ring (bicyclic) bond motifs is 1. The van der Waals surface area contributed by atoms with Crippen molar-refractivity contribution in [1.82, 2.24) is 0 Å². The fourth-order valence-electron chi connectivity index (χ4n) is 2.64. The third-order valence-electron chi connectivity index (χ3n) is 3.89. The number of ether oxygens (including phenoxy) is 3. The number of carbonyl (C=O) groups is 1. The van der Waals surface area contributed by atoms with Gasteiger partial charge in [0.2, 0.25) is 5.78 Å². The van der Waals surface area contributed by atoms with Crippen molar-refractivity contribution in [2.24, 2.45) is 0 Å². The minimum Gasteiger partial charge on any atom is -0.508 e. The lowest BCUT2D eigenvalue weighted by Crippen LogP contribution is -2.36. The summed E-state index contributed by atoms with van der Waals surface area (Å²) >= 11 is 0. The molecular formula is C17H16O7. The van der Waals surface area contributed by atoms with Crippen LogP contribution >= 0.6 is 0 Å². The molecule has 0 radical (unpaired) electrons. The van der Waals surface area contributed by atoms with Crippen molar-refractivity contribution in [3.8, 4) is 28.7 Å². The molecule has 1 heterocycles. The van der Waals surface area contributed by atoms with Gasteiger partial charge in [0, 0.05) is 17.7 Å². The van der Waals surface area contributed by atoms with Crippen LogP contribution in [0.4, 0.5) is 0 Å². The van der Waals surface area contributed by atoms with Crippen molar-refractivity contribution in [2.75, 3.05) is 14.2 Å². The Kier molecular flexibility index (Phi) is 3.94. The first-order chi connectivity index (χ1) is 11.5. The molecule has 0 saturated heterocycles. The molecule has 0 saturated carbocycles. The Hall–Kier alpha value is -2.93. The summed E-state index contributed by atoms with van der Waals surface area (Å²) in [6, 6.07) is 7.09. The van der Waals surface area contributed by atoms with E-state index in [1.807, 2.05) is 0 Å². The van der Waals surface area contributed by atoms with Crippen molar-refractivity contribution in [1.29, 1.82) is 0 Å². The average Bonchev–Trinajstić information content (AvgIpc) is 2.58. The van der Waals surface area contributed by atoms with Gasteiger partial charge in [-0.2, -0.15) is 0 Å². The Morgan fingerprint density at radius 1 is 1.00 bits per heavy atom. The Labute approximate surface area is 137 Å². The van der Waals surface area contributed by atoms with E-state index in [0.29, 0.717) is 11.5 Å². The van der Waals surface area contributed by atoms with E-state index >= 15 is 0 Å². The van der Waals surface area contributed by atoms with Crippen molar-refractivity contribution in [3.05, 3.63) is 41.5 Å². The van der Waals surface area contributed by atoms with Crippen molar-refractivity contribution in [2.45, 2.75) is 12.2 Å². The highest BCUT2D eigenvalue weighted by Crippen LogP contribution is 2.44. The highest BCUT2D eigenvalue weighted by molar-refractivity contribution is 6.05. The number of phenolic OH excluding ortho intramolecular Hbond substituents is 2. The number of methoxy groups -OCH3 is 2. The van der Waals surface area contributed by atoms with Gasteiger partial charge in [0.25, 0.3) is 0 Å². The lowest BCUT2D eigenvalue weighted by molar-refractivity contribution is 0.0202. The molecule has 2 aromatic rings. The molecule has 2 unspecified atom stereocenters. The molecule has 7 nitrogen and oxygen atoms in total. The molecule has 0 aliphatic carbocycles. The van der Waals surface area contributed by atoms with E-state index in [1.165, 1.54) is 38.5 Å². The minimum atomic E-state index is -1.59. The van der Waals surface area contributed by atoms with Gasteiger partial charge in [0.15, 0.2) is 12.2 Å². The van der Waals surface area contributed by atoms with Crippen LogP contribution in [0.25, 0.3) is 0 Å². The quantitative estimate of drug-likeness (QED) is 0.787. The Balaban J connectivity index is 2.10. The van der Waals surface area contributed by atoms with Crippen LogP contribution in [0.15, 0.2) is 30.3 Å². The lowest BCUT2D eigenvalue weighted by atomic mass is 9.92. The zero-order valence-corrected chi connectivity index (χ0v) is 13.0. The smallest absolute Gasteiger partial charge is 0.202 e. The SMILES string of the molecule is COc1cc(O)c2c(c1)OC(c1cc(OC)ccc1O)C(O)C2=O. The van der Waals surface area contributed by atoms with E-state index in [4.69, 9.17) is 14.2 Å². The predicted molar refractivity (Wildman–Crippen MR) is 83.0 cm³/mol. The molecule has 0 fully saturated rings. The van der Waals surface area contributed by atoms with Gasteiger partial charge < -0.3 is 29.5 Å². The van der Waals surface area contributed by atoms with Gasteiger partial charge in [-0.25, -0.2) is 0 Å². The molecule has 3 rings (SSSR count). The second-order valence-corrected chi connectivity index (χ2v) is 5.29. The summed E-state index contributed by atoms with van der Waals surface area (Å²) in [4.78, 5) is 12.4. The van der Waals surface area contributed by atoms with Crippen molar-refractivity contribution >= 4 is 5.78 Å². The molecule has 24 heavy (non-hydrogen) atoms. The van der Waals surface area contributed by atoms with E-state index in [1.54, 1.807) is 6.07 Å². The Morgan fingerprint density at radius 2 is 1.71 bits per heavy atom. The van der Waals surface area contributed by atoms with E-state index in [0.717, 1.165) is 0 Å². The molecule has 0 aromatic heterocycles. The fraction of sp³-hybridized carbons (Fsp3) is 0.235. The molecule has 0 spiro atoms. The molecule has 0 amide bonds. The second-order valence-electron chi connectivity index (χ2n) is 5.29. The third-order valence-corrected chi connectivity index (χ3v) is 3.89. The number of aliphatic hydroxyl groups excluding tert-OH is 1. The van der Waals surface area contributed by atoms with Crippen LogP contribution in [-0.2, 0) is 0 Å². The van der Waals surface area contributed by atoms with Crippen molar-refractivity contribution < 1.29 is 34.3 Å². The van der Waals surface area contributed by atoms with Crippen LogP contribution in [0.2, 0.25) is 0 Å². The van der Waals surface area contributed by atoms with Crippen LogP contribution in [0.5, 0.6) is 28.7 Å². The first kappa shape index (κ1) is 15.9. The Morgan fingerprint density at radius 3 is 2.38 bits per heavy atom. The Bertz CT molecular complexity index is 800. The first-order valence-corrected chi connectivity index (χ1v) is 7.13. The lowest BCUT2D eigenvalue weighted by Gasteiger charge is -2.30. The first-order valence-electron chi connectivity index (χ1n) is 7.13. The number of phenols is 2. The van der Waals surface area contributed by atoms with Gasteiger partial charge in [-0.3, -0.25) is 4.79 Å². The molecule has 0 bridgehead atoms. The van der Waals surface area contributed by atoms with Gasteiger partial charge in [-0.15, -0.1) is 0 Å². The number of carbonyl (C=O) groups excluding carboxylic acids is 1. The number of hydrogen-bond donors (Lipinski definition) is 3. The van der Waals surface area contributed by atoms with Gasteiger partial charge in [-0.05, 0) is 18.2 Å². The molecule has 1 aliphatic heterocycles. The summed E-state index contributed by atoms with van der Waals surface area (Å²) in [5.74, 6) is -0.405. The summed E-state index contributed by atoms with van der Waals surface area (Å²) < 4.78 is 15.8. The molecule has 7 heteroatoms. The maximum absolute atomic E-state index is 12.4. The predicted octanol–water partition coefficient (Wildman–Crippen LogP) is 1.79. The summed E-state index contributed by atoms with van der Waals surface area (Å²) in [6.45, 7) is 0. The summed E-state index contributed by atoms with van der Waals surface area (Å²) in [5, 5.41) is 30.4. The number of rotatable bonds is 3. The maximum Gasteiger partial charge on any atom is 0.202 e. The van der Waals surface area contributed by atoms with Crippen LogP contribution in [0, 0.1) is 0 Å². The largest absolute Gasteiger partial charge is 0.508 e. The van der Waals surface area contributed by atoms with Gasteiger partial charge in [-0.1, -0.05) is 0 Å². The highest BCUT2D eigenvalue weighted by Gasteiger charge is 2.40. The summed E-state index contributed by atoms with van der Waals surface area (Å²) in [7, 11) is 2.86. The van der Waals surface area contributed by atoms with Crippen LogP contribution in [-0.4, -0.2) is 41.4 Å². The van der Waals surface area contributed by atoms with E-state index < -0.39 is 18.0 Å². The average molecular weight is 332 g/mol. The van der Waals surface area contributed by atoms with Gasteiger partial charge >= 0.3 is 0 Å². The number of aromatic hydroxyl groups is 2. The van der Waals surface area contributed by atoms with Gasteiger partial charge in [0.1, 0.15) is 34.3 Å². The molecule has 2 atom stereocenters. The van der Waals surface area contributed by atoms with E-state index in [-0.39, 0.29) is 28.4 Å². The number of ketones is 1. The number of hydrogen-bond acceptors (Lipinski definition) is 7. The van der Waals surface area contributed by atoms with Gasteiger partial charge in [0.05, 0.1) is 14.2 Å². The number of benzene rings is 2. The molecule has 126 valence electrons. The minimum absolute atomic E-state index is 0.0642. The zero-order valence-electron chi connectivity index (χ0n) is 13.0. The topological polar surface area (TPSA) is 105 Å². The van der Waals surface area contributed by atoms with Crippen LogP contribution in [0.3, 0.4) is 0 Å². The molecule has 1 aliphatic rings.